The van der Waals surface area contributed by atoms with Gasteiger partial charge < -0.3 is 5.11 Å². The molecular weight excluding hydrogens is 227 g/mol. The van der Waals surface area contributed by atoms with E-state index in [4.69, 9.17) is 5.11 Å². The lowest BCUT2D eigenvalue weighted by molar-refractivity contribution is -0.385. The Hall–Kier alpha value is -1.53. The average Bonchev–Trinajstić information content (AvgIpc) is 2.27. The number of halogens is 1. The maximum absolute atomic E-state index is 13.1. The summed E-state index contributed by atoms with van der Waals surface area (Å²) in [5.41, 5.74) is 0.196. The quantitative estimate of drug-likeness (QED) is 0.628. The summed E-state index contributed by atoms with van der Waals surface area (Å²) in [6, 6.07) is 3.23. The summed E-state index contributed by atoms with van der Waals surface area (Å²) >= 11 is 0. The Morgan fingerprint density at radius 1 is 1.59 bits per heavy atom. The zero-order chi connectivity index (χ0) is 13.0. The van der Waals surface area contributed by atoms with Gasteiger partial charge in [0.05, 0.1) is 11.5 Å². The van der Waals surface area contributed by atoms with Crippen molar-refractivity contribution in [3.63, 3.8) is 0 Å². The monoisotopic (exact) mass is 242 g/mol. The Bertz CT molecular complexity index is 412. The van der Waals surface area contributed by atoms with Gasteiger partial charge >= 0.3 is 0 Å². The maximum atomic E-state index is 13.1. The van der Waals surface area contributed by atoms with Crippen LogP contribution in [0, 0.1) is 15.9 Å². The minimum absolute atomic E-state index is 0.0559. The first-order valence-electron chi connectivity index (χ1n) is 5.19. The fourth-order valence-corrected chi connectivity index (χ4v) is 1.42. The highest BCUT2D eigenvalue weighted by Crippen LogP contribution is 2.21. The lowest BCUT2D eigenvalue weighted by Gasteiger charge is -2.22. The molecule has 5 nitrogen and oxygen atoms in total. The van der Waals surface area contributed by atoms with Crippen LogP contribution < -0.4 is 0 Å². The van der Waals surface area contributed by atoms with E-state index in [9.17, 15) is 14.5 Å². The molecule has 94 valence electrons. The van der Waals surface area contributed by atoms with Crippen molar-refractivity contribution in [3.05, 3.63) is 39.7 Å². The van der Waals surface area contributed by atoms with Gasteiger partial charge in [0, 0.05) is 24.2 Å². The van der Waals surface area contributed by atoms with Gasteiger partial charge in [0.15, 0.2) is 0 Å². The van der Waals surface area contributed by atoms with Gasteiger partial charge in [0.2, 0.25) is 0 Å². The molecule has 1 N–H and O–H groups in total. The molecule has 6 heteroatoms. The minimum Gasteiger partial charge on any atom is -0.395 e. The molecule has 0 heterocycles. The second-order valence-corrected chi connectivity index (χ2v) is 3.98. The van der Waals surface area contributed by atoms with E-state index in [1.165, 1.54) is 0 Å². The summed E-state index contributed by atoms with van der Waals surface area (Å²) in [5.74, 6) is -0.504. The molecule has 0 saturated heterocycles. The molecule has 0 fully saturated rings. The molecule has 1 unspecified atom stereocenters. The van der Waals surface area contributed by atoms with Gasteiger partial charge in [0.1, 0.15) is 5.82 Å². The molecule has 0 spiro atoms. The van der Waals surface area contributed by atoms with E-state index in [1.54, 1.807) is 18.9 Å². The zero-order valence-electron chi connectivity index (χ0n) is 9.76. The molecule has 17 heavy (non-hydrogen) atoms. The van der Waals surface area contributed by atoms with E-state index < -0.39 is 10.7 Å². The Morgan fingerprint density at radius 3 is 2.76 bits per heavy atom. The highest BCUT2D eigenvalue weighted by molar-refractivity contribution is 5.40. The summed E-state index contributed by atoms with van der Waals surface area (Å²) in [5, 5.41) is 19.7. The highest BCUT2D eigenvalue weighted by Gasteiger charge is 2.17. The van der Waals surface area contributed by atoms with E-state index >= 15 is 0 Å². The van der Waals surface area contributed by atoms with Gasteiger partial charge in [-0.25, -0.2) is 4.39 Å². The van der Waals surface area contributed by atoms with Gasteiger partial charge in [-0.15, -0.1) is 0 Å². The van der Waals surface area contributed by atoms with Crippen molar-refractivity contribution in [3.8, 4) is 0 Å². The fraction of sp³-hybridized carbons (Fsp3) is 0.455. The molecule has 1 aromatic rings. The molecule has 0 aliphatic heterocycles. The Kier molecular flexibility index (Phi) is 4.53. The van der Waals surface area contributed by atoms with Crippen LogP contribution in [-0.4, -0.2) is 34.6 Å². The summed E-state index contributed by atoms with van der Waals surface area (Å²) in [6.07, 6.45) is 0. The molecular formula is C11H15FN2O3. The third-order valence-electron chi connectivity index (χ3n) is 2.67. The van der Waals surface area contributed by atoms with Crippen LogP contribution in [0.1, 0.15) is 12.5 Å². The van der Waals surface area contributed by atoms with Gasteiger partial charge in [-0.05, 0) is 26.1 Å². The molecule has 1 aromatic carbocycles. The Balaban J connectivity index is 2.96. The summed E-state index contributed by atoms with van der Waals surface area (Å²) in [4.78, 5) is 12.0. The largest absolute Gasteiger partial charge is 0.395 e. The van der Waals surface area contributed by atoms with Crippen LogP contribution in [0.15, 0.2) is 18.2 Å². The number of nitrogens with zero attached hydrogens (tertiary/aromatic N) is 2. The average molecular weight is 242 g/mol. The van der Waals surface area contributed by atoms with E-state index in [1.807, 2.05) is 0 Å². The standard InChI is InChI=1S/C11H15FN2O3/c1-8(7-15)13(2)6-9-5-10(12)3-4-11(9)14(16)17/h3-5,8,15H,6-7H2,1-2H3. The van der Waals surface area contributed by atoms with Crippen LogP contribution in [0.25, 0.3) is 0 Å². The van der Waals surface area contributed by atoms with Crippen molar-refractivity contribution in [2.75, 3.05) is 13.7 Å². The minimum atomic E-state index is -0.535. The van der Waals surface area contributed by atoms with Crippen LogP contribution in [0.3, 0.4) is 0 Å². The number of hydrogen-bond acceptors (Lipinski definition) is 4. The van der Waals surface area contributed by atoms with Crippen LogP contribution in [0.2, 0.25) is 0 Å². The molecule has 0 amide bonds. The first-order chi connectivity index (χ1) is 7.95. The number of nitro groups is 1. The third kappa shape index (κ3) is 3.47. The smallest absolute Gasteiger partial charge is 0.274 e. The number of aliphatic hydroxyl groups excluding tert-OH is 1. The lowest BCUT2D eigenvalue weighted by atomic mass is 10.1. The maximum Gasteiger partial charge on any atom is 0.274 e. The van der Waals surface area contributed by atoms with Gasteiger partial charge in [-0.2, -0.15) is 0 Å². The first kappa shape index (κ1) is 13.5. The van der Waals surface area contributed by atoms with Crippen molar-refractivity contribution in [1.82, 2.24) is 4.90 Å². The van der Waals surface area contributed by atoms with Crippen molar-refractivity contribution < 1.29 is 14.4 Å². The molecule has 0 bridgehead atoms. The zero-order valence-corrected chi connectivity index (χ0v) is 9.76. The predicted molar refractivity (Wildman–Crippen MR) is 61.1 cm³/mol. The van der Waals surface area contributed by atoms with Crippen molar-refractivity contribution in [2.45, 2.75) is 19.5 Å². The number of hydrogen-bond donors (Lipinski definition) is 1. The van der Waals surface area contributed by atoms with Crippen LogP contribution in [0.5, 0.6) is 0 Å². The lowest BCUT2D eigenvalue weighted by Crippen LogP contribution is -2.31. The van der Waals surface area contributed by atoms with Crippen molar-refractivity contribution in [1.29, 1.82) is 0 Å². The molecule has 0 aliphatic rings. The van der Waals surface area contributed by atoms with Crippen molar-refractivity contribution in [2.24, 2.45) is 0 Å². The summed E-state index contributed by atoms with van der Waals surface area (Å²) in [7, 11) is 1.72. The van der Waals surface area contributed by atoms with Crippen molar-refractivity contribution >= 4 is 5.69 Å². The molecule has 1 atom stereocenters. The third-order valence-corrected chi connectivity index (χ3v) is 2.67. The van der Waals surface area contributed by atoms with E-state index in [0.29, 0.717) is 5.56 Å². The molecule has 0 radical (unpaired) electrons. The van der Waals surface area contributed by atoms with Crippen LogP contribution >= 0.6 is 0 Å². The topological polar surface area (TPSA) is 66.6 Å². The van der Waals surface area contributed by atoms with Gasteiger partial charge in [-0.1, -0.05) is 0 Å². The molecule has 1 rings (SSSR count). The number of likely N-dealkylation sites (N-methyl/N-ethyl adjacent to an activating group) is 1. The van der Waals surface area contributed by atoms with Crippen LogP contribution in [0.4, 0.5) is 10.1 Å². The van der Waals surface area contributed by atoms with Gasteiger partial charge in [-0.3, -0.25) is 15.0 Å². The second kappa shape index (κ2) is 5.70. The van der Waals surface area contributed by atoms with E-state index in [0.717, 1.165) is 18.2 Å². The van der Waals surface area contributed by atoms with E-state index in [2.05, 4.69) is 0 Å². The van der Waals surface area contributed by atoms with E-state index in [-0.39, 0.29) is 24.9 Å². The number of nitro benzene ring substituents is 1. The fourth-order valence-electron chi connectivity index (χ4n) is 1.42. The second-order valence-electron chi connectivity index (χ2n) is 3.98. The Morgan fingerprint density at radius 2 is 2.24 bits per heavy atom. The number of rotatable bonds is 5. The Labute approximate surface area is 98.6 Å². The summed E-state index contributed by atoms with van der Waals surface area (Å²) < 4.78 is 13.1. The SMILES string of the molecule is CC(CO)N(C)Cc1cc(F)ccc1[N+](=O)[O-]. The first-order valence-corrected chi connectivity index (χ1v) is 5.19. The molecule has 0 aromatic heterocycles. The summed E-state index contributed by atoms with van der Waals surface area (Å²) in [6.45, 7) is 1.94. The molecule has 0 saturated carbocycles. The molecule has 0 aliphatic carbocycles. The normalized spacial score (nSPS) is 12.8. The van der Waals surface area contributed by atoms with Crippen LogP contribution in [-0.2, 0) is 6.54 Å². The number of benzene rings is 1. The highest BCUT2D eigenvalue weighted by atomic mass is 19.1. The number of aliphatic hydroxyl groups is 1. The predicted octanol–water partition coefficient (Wildman–Crippen LogP) is 1.55. The van der Waals surface area contributed by atoms with Gasteiger partial charge in [0.25, 0.3) is 5.69 Å².